The van der Waals surface area contributed by atoms with Crippen molar-refractivity contribution in [2.45, 2.75) is 39.5 Å². The van der Waals surface area contributed by atoms with Gasteiger partial charge in [0, 0.05) is 42.3 Å². The highest BCUT2D eigenvalue weighted by Gasteiger charge is 2.40. The number of fused-ring (bicyclic) bond motifs is 2. The van der Waals surface area contributed by atoms with Gasteiger partial charge in [-0.15, -0.1) is 0 Å². The molecule has 0 saturated carbocycles. The molecule has 2 aliphatic heterocycles. The van der Waals surface area contributed by atoms with E-state index in [1.807, 2.05) is 57.2 Å². The number of rotatable bonds is 2. The lowest BCUT2D eigenvalue weighted by atomic mass is 9.91. The maximum atomic E-state index is 13.4. The van der Waals surface area contributed by atoms with Crippen LogP contribution in [0.1, 0.15) is 37.6 Å². The van der Waals surface area contributed by atoms with Gasteiger partial charge in [-0.25, -0.2) is 0 Å². The summed E-state index contributed by atoms with van der Waals surface area (Å²) >= 11 is 6.35. The third-order valence-corrected chi connectivity index (χ3v) is 6.15. The highest BCUT2D eigenvalue weighted by molar-refractivity contribution is 6.33. The number of halogens is 1. The molecule has 0 bridgehead atoms. The Bertz CT molecular complexity index is 1020. The lowest BCUT2D eigenvalue weighted by Crippen LogP contribution is -2.61. The highest BCUT2D eigenvalue weighted by Crippen LogP contribution is 2.34. The van der Waals surface area contributed by atoms with Gasteiger partial charge in [0.2, 0.25) is 5.91 Å². The minimum atomic E-state index is -0.971. The zero-order chi connectivity index (χ0) is 22.3. The molecule has 4 rings (SSSR count). The summed E-state index contributed by atoms with van der Waals surface area (Å²) in [6.07, 6.45) is -0.542. The van der Waals surface area contributed by atoms with Gasteiger partial charge in [-0.2, -0.15) is 0 Å². The molecule has 7 heteroatoms. The molecule has 0 aromatic heterocycles. The SMILES string of the molecule is CC(C)(C)CC(=O)N1CCN2C(=O)c3cc(-c4ccccc4Cl)ccc3NC(O)C2C1. The predicted octanol–water partition coefficient (Wildman–Crippen LogP) is 3.84. The fourth-order valence-electron chi connectivity index (χ4n) is 4.24. The molecule has 164 valence electrons. The summed E-state index contributed by atoms with van der Waals surface area (Å²) in [7, 11) is 0. The second kappa shape index (κ2) is 8.17. The highest BCUT2D eigenvalue weighted by atomic mass is 35.5. The summed E-state index contributed by atoms with van der Waals surface area (Å²) in [5.74, 6) is -0.101. The van der Waals surface area contributed by atoms with Gasteiger partial charge in [0.15, 0.2) is 0 Å². The fraction of sp³-hybridized carbons (Fsp3) is 0.417. The zero-order valence-electron chi connectivity index (χ0n) is 18.1. The van der Waals surface area contributed by atoms with Crippen molar-refractivity contribution in [1.29, 1.82) is 0 Å². The van der Waals surface area contributed by atoms with Gasteiger partial charge in [0.1, 0.15) is 6.23 Å². The maximum absolute atomic E-state index is 13.4. The average molecular weight is 442 g/mol. The quantitative estimate of drug-likeness (QED) is 0.742. The van der Waals surface area contributed by atoms with Crippen LogP contribution in [-0.2, 0) is 4.79 Å². The molecule has 2 aromatic rings. The number of anilines is 1. The van der Waals surface area contributed by atoms with E-state index in [-0.39, 0.29) is 17.2 Å². The summed E-state index contributed by atoms with van der Waals surface area (Å²) in [4.78, 5) is 29.6. The van der Waals surface area contributed by atoms with Gasteiger partial charge in [0.05, 0.1) is 11.6 Å². The Labute approximate surface area is 187 Å². The van der Waals surface area contributed by atoms with Crippen LogP contribution in [0.3, 0.4) is 0 Å². The van der Waals surface area contributed by atoms with Crippen LogP contribution in [0, 0.1) is 5.41 Å². The number of piperazine rings is 1. The van der Waals surface area contributed by atoms with E-state index in [9.17, 15) is 14.7 Å². The molecule has 2 aromatic carbocycles. The molecule has 0 spiro atoms. The number of aliphatic hydroxyl groups is 1. The Kier molecular flexibility index (Phi) is 5.71. The van der Waals surface area contributed by atoms with Crippen molar-refractivity contribution in [3.8, 4) is 11.1 Å². The number of nitrogens with zero attached hydrogens (tertiary/aromatic N) is 2. The number of carbonyl (C=O) groups excluding carboxylic acids is 2. The van der Waals surface area contributed by atoms with E-state index < -0.39 is 12.3 Å². The molecule has 2 N–H and O–H groups in total. The van der Waals surface area contributed by atoms with Crippen LogP contribution in [0.15, 0.2) is 42.5 Å². The van der Waals surface area contributed by atoms with Crippen molar-refractivity contribution < 1.29 is 14.7 Å². The predicted molar refractivity (Wildman–Crippen MR) is 122 cm³/mol. The summed E-state index contributed by atoms with van der Waals surface area (Å²) in [5, 5.41) is 14.5. The Morgan fingerprint density at radius 3 is 2.61 bits per heavy atom. The Hall–Kier alpha value is -2.57. The van der Waals surface area contributed by atoms with E-state index in [2.05, 4.69) is 5.32 Å². The molecular weight excluding hydrogens is 414 g/mol. The number of amides is 2. The first-order valence-corrected chi connectivity index (χ1v) is 10.9. The molecule has 2 aliphatic rings. The van der Waals surface area contributed by atoms with Crippen LogP contribution >= 0.6 is 11.6 Å². The molecule has 2 amide bonds. The first-order valence-electron chi connectivity index (χ1n) is 10.6. The molecular formula is C24H28ClN3O3. The number of nitrogens with one attached hydrogen (secondary N) is 1. The van der Waals surface area contributed by atoms with Gasteiger partial charge >= 0.3 is 0 Å². The number of hydrogen-bond donors (Lipinski definition) is 2. The van der Waals surface area contributed by atoms with E-state index in [1.165, 1.54) is 0 Å². The zero-order valence-corrected chi connectivity index (χ0v) is 18.8. The first-order chi connectivity index (χ1) is 14.6. The number of benzene rings is 2. The van der Waals surface area contributed by atoms with Gasteiger partial charge in [-0.1, -0.05) is 56.6 Å². The maximum Gasteiger partial charge on any atom is 0.256 e. The smallest absolute Gasteiger partial charge is 0.256 e. The van der Waals surface area contributed by atoms with Crippen LogP contribution in [0.5, 0.6) is 0 Å². The standard InChI is InChI=1S/C24H28ClN3O3/c1-24(2,3)13-21(29)27-10-11-28-20(14-27)22(30)26-19-9-8-15(12-17(19)23(28)31)16-6-4-5-7-18(16)25/h4-9,12,20,22,26,30H,10-11,13-14H2,1-3H3. The largest absolute Gasteiger partial charge is 0.372 e. The Balaban J connectivity index is 1.61. The fourth-order valence-corrected chi connectivity index (χ4v) is 4.49. The van der Waals surface area contributed by atoms with Crippen molar-refractivity contribution in [1.82, 2.24) is 9.80 Å². The second-order valence-electron chi connectivity index (χ2n) is 9.47. The molecule has 0 radical (unpaired) electrons. The van der Waals surface area contributed by atoms with Gasteiger partial charge in [0.25, 0.3) is 5.91 Å². The van der Waals surface area contributed by atoms with E-state index in [1.54, 1.807) is 15.9 Å². The van der Waals surface area contributed by atoms with E-state index in [4.69, 9.17) is 11.6 Å². The number of aliphatic hydroxyl groups excluding tert-OH is 1. The molecule has 31 heavy (non-hydrogen) atoms. The van der Waals surface area contributed by atoms with Gasteiger partial charge in [-0.05, 0) is 29.2 Å². The molecule has 2 heterocycles. The summed E-state index contributed by atoms with van der Waals surface area (Å²) < 4.78 is 0. The van der Waals surface area contributed by atoms with E-state index in [0.29, 0.717) is 42.3 Å². The lowest BCUT2D eigenvalue weighted by molar-refractivity contribution is -0.136. The van der Waals surface area contributed by atoms with Gasteiger partial charge in [-0.3, -0.25) is 9.59 Å². The minimum Gasteiger partial charge on any atom is -0.372 e. The second-order valence-corrected chi connectivity index (χ2v) is 9.88. The van der Waals surface area contributed by atoms with Crippen molar-refractivity contribution in [2.75, 3.05) is 25.0 Å². The van der Waals surface area contributed by atoms with Crippen molar-refractivity contribution in [2.24, 2.45) is 5.41 Å². The number of hydrogen-bond acceptors (Lipinski definition) is 4. The van der Waals surface area contributed by atoms with Crippen LogP contribution in [0.4, 0.5) is 5.69 Å². The van der Waals surface area contributed by atoms with Crippen LogP contribution in [-0.4, -0.2) is 58.6 Å². The molecule has 1 saturated heterocycles. The topological polar surface area (TPSA) is 72.9 Å². The summed E-state index contributed by atoms with van der Waals surface area (Å²) in [5.41, 5.74) is 2.64. The third-order valence-electron chi connectivity index (χ3n) is 5.82. The minimum absolute atomic E-state index is 0.0505. The Morgan fingerprint density at radius 2 is 1.90 bits per heavy atom. The number of carbonyl (C=O) groups is 2. The van der Waals surface area contributed by atoms with E-state index in [0.717, 1.165) is 11.1 Å². The molecule has 2 atom stereocenters. The lowest BCUT2D eigenvalue weighted by Gasteiger charge is -2.42. The monoisotopic (exact) mass is 441 g/mol. The molecule has 0 aliphatic carbocycles. The van der Waals surface area contributed by atoms with Crippen molar-refractivity contribution in [3.63, 3.8) is 0 Å². The third kappa shape index (κ3) is 4.41. The van der Waals surface area contributed by atoms with Crippen LogP contribution < -0.4 is 5.32 Å². The average Bonchev–Trinajstić information content (AvgIpc) is 2.81. The first kappa shape index (κ1) is 21.7. The molecule has 1 fully saturated rings. The van der Waals surface area contributed by atoms with Gasteiger partial charge < -0.3 is 20.2 Å². The van der Waals surface area contributed by atoms with Crippen LogP contribution in [0.2, 0.25) is 5.02 Å². The van der Waals surface area contributed by atoms with E-state index >= 15 is 0 Å². The van der Waals surface area contributed by atoms with Crippen molar-refractivity contribution >= 4 is 29.1 Å². The van der Waals surface area contributed by atoms with Crippen molar-refractivity contribution in [3.05, 3.63) is 53.1 Å². The molecule has 6 nitrogen and oxygen atoms in total. The molecule has 2 unspecified atom stereocenters. The normalized spacial score (nSPS) is 21.1. The summed E-state index contributed by atoms with van der Waals surface area (Å²) in [6.45, 7) is 7.23. The summed E-state index contributed by atoms with van der Waals surface area (Å²) in [6, 6.07) is 12.5. The van der Waals surface area contributed by atoms with Crippen LogP contribution in [0.25, 0.3) is 11.1 Å². The Morgan fingerprint density at radius 1 is 1.16 bits per heavy atom.